The zero-order chi connectivity index (χ0) is 20.9. The van der Waals surface area contributed by atoms with E-state index < -0.39 is 0 Å². The third-order valence-corrected chi connectivity index (χ3v) is 5.51. The molecule has 0 spiro atoms. The summed E-state index contributed by atoms with van der Waals surface area (Å²) in [5.41, 5.74) is 4.37. The van der Waals surface area contributed by atoms with E-state index in [1.54, 1.807) is 25.5 Å². The number of rotatable bonds is 5. The Morgan fingerprint density at radius 3 is 2.93 bits per heavy atom. The summed E-state index contributed by atoms with van der Waals surface area (Å²) in [6.07, 6.45) is 10.1. The van der Waals surface area contributed by atoms with Crippen LogP contribution in [0, 0.1) is 0 Å². The first-order valence-corrected chi connectivity index (χ1v) is 10.2. The van der Waals surface area contributed by atoms with E-state index in [1.807, 2.05) is 29.2 Å². The van der Waals surface area contributed by atoms with Crippen LogP contribution in [0.4, 0.5) is 5.82 Å². The molecule has 0 fully saturated rings. The fraction of sp³-hybridized carbons (Fsp3) is 0.292. The smallest absolute Gasteiger partial charge is 0.246 e. The third kappa shape index (κ3) is 4.59. The van der Waals surface area contributed by atoms with Gasteiger partial charge in [0, 0.05) is 31.8 Å². The average Bonchev–Trinajstić information content (AvgIpc) is 2.78. The minimum absolute atomic E-state index is 0.00305. The molecule has 30 heavy (non-hydrogen) atoms. The maximum Gasteiger partial charge on any atom is 0.246 e. The van der Waals surface area contributed by atoms with Gasteiger partial charge in [-0.05, 0) is 54.2 Å². The van der Waals surface area contributed by atoms with Crippen molar-refractivity contribution >= 4 is 23.7 Å². The molecular formula is C24H25N3O3. The zero-order valence-electron chi connectivity index (χ0n) is 17.1. The summed E-state index contributed by atoms with van der Waals surface area (Å²) in [6, 6.07) is 10.0. The number of anilines is 1. The summed E-state index contributed by atoms with van der Waals surface area (Å²) in [6.45, 7) is 1.32. The number of benzene rings is 1. The van der Waals surface area contributed by atoms with Crippen LogP contribution in [0.1, 0.15) is 29.5 Å². The van der Waals surface area contributed by atoms with Crippen LogP contribution < -0.4 is 10.1 Å². The van der Waals surface area contributed by atoms with Gasteiger partial charge in [0.15, 0.2) is 0 Å². The van der Waals surface area contributed by atoms with Crippen molar-refractivity contribution in [2.24, 2.45) is 0 Å². The Kier molecular flexibility index (Phi) is 5.93. The number of amides is 2. The van der Waals surface area contributed by atoms with Crippen molar-refractivity contribution in [3.63, 3.8) is 0 Å². The van der Waals surface area contributed by atoms with Crippen LogP contribution in [0.5, 0.6) is 5.75 Å². The van der Waals surface area contributed by atoms with E-state index in [9.17, 15) is 9.59 Å². The third-order valence-electron chi connectivity index (χ3n) is 5.51. The van der Waals surface area contributed by atoms with Gasteiger partial charge in [-0.1, -0.05) is 29.8 Å². The van der Waals surface area contributed by atoms with Crippen molar-refractivity contribution in [3.8, 4) is 5.75 Å². The molecule has 0 atom stereocenters. The van der Waals surface area contributed by atoms with Gasteiger partial charge in [-0.15, -0.1) is 0 Å². The van der Waals surface area contributed by atoms with Crippen LogP contribution in [0.15, 0.2) is 54.3 Å². The normalized spacial score (nSPS) is 16.1. The summed E-state index contributed by atoms with van der Waals surface area (Å²) in [5, 5.41) is 2.77. The predicted octanol–water partition coefficient (Wildman–Crippen LogP) is 3.39. The molecule has 154 valence electrons. The number of ether oxygens (including phenoxy) is 1. The molecule has 6 nitrogen and oxygen atoms in total. The van der Waals surface area contributed by atoms with E-state index in [1.165, 1.54) is 11.1 Å². The monoisotopic (exact) mass is 403 g/mol. The standard InChI is InChI=1S/C24H25N3O3/c1-30-21-5-3-2-4-19(21)14-17-10-12-27(13-11-17)23(29)9-6-18-15-20-7-8-22(28)26-24(20)25-16-18/h2-6,9-10,15-16H,7-8,11-14H2,1H3,(H,25,26,28). The molecule has 0 saturated heterocycles. The Morgan fingerprint density at radius 2 is 2.13 bits per heavy atom. The molecule has 1 aromatic heterocycles. The lowest BCUT2D eigenvalue weighted by Gasteiger charge is -2.26. The largest absolute Gasteiger partial charge is 0.496 e. The minimum Gasteiger partial charge on any atom is -0.496 e. The van der Waals surface area contributed by atoms with Gasteiger partial charge in [0.05, 0.1) is 7.11 Å². The van der Waals surface area contributed by atoms with Gasteiger partial charge in [-0.3, -0.25) is 9.59 Å². The van der Waals surface area contributed by atoms with Gasteiger partial charge in [0.2, 0.25) is 11.8 Å². The Labute approximate surface area is 176 Å². The lowest BCUT2D eigenvalue weighted by atomic mass is 9.99. The van der Waals surface area contributed by atoms with Crippen molar-refractivity contribution in [1.29, 1.82) is 0 Å². The van der Waals surface area contributed by atoms with Crippen LogP contribution in [0.3, 0.4) is 0 Å². The maximum atomic E-state index is 12.6. The summed E-state index contributed by atoms with van der Waals surface area (Å²) in [4.78, 5) is 30.2. The van der Waals surface area contributed by atoms with Crippen molar-refractivity contribution in [2.75, 3.05) is 25.5 Å². The number of fused-ring (bicyclic) bond motifs is 1. The molecule has 2 amide bonds. The Balaban J connectivity index is 1.35. The van der Waals surface area contributed by atoms with Crippen molar-refractivity contribution in [2.45, 2.75) is 25.7 Å². The number of aromatic nitrogens is 1. The van der Waals surface area contributed by atoms with Crippen molar-refractivity contribution < 1.29 is 14.3 Å². The SMILES string of the molecule is COc1ccccc1CC1=CCN(C(=O)C=Cc2cnc3c(c2)CCC(=O)N3)CC1. The summed E-state index contributed by atoms with van der Waals surface area (Å²) in [5.74, 6) is 1.52. The molecule has 0 unspecified atom stereocenters. The number of hydrogen-bond donors (Lipinski definition) is 1. The second kappa shape index (κ2) is 8.95. The van der Waals surface area contributed by atoms with Gasteiger partial charge in [0.1, 0.15) is 11.6 Å². The number of aryl methyl sites for hydroxylation is 1. The second-order valence-electron chi connectivity index (χ2n) is 7.54. The highest BCUT2D eigenvalue weighted by atomic mass is 16.5. The van der Waals surface area contributed by atoms with Gasteiger partial charge in [-0.25, -0.2) is 4.98 Å². The van der Waals surface area contributed by atoms with Crippen molar-refractivity contribution in [3.05, 3.63) is 70.9 Å². The number of carbonyl (C=O) groups is 2. The maximum absolute atomic E-state index is 12.6. The molecule has 3 heterocycles. The molecule has 1 aromatic carbocycles. The number of methoxy groups -OCH3 is 1. The Morgan fingerprint density at radius 1 is 1.27 bits per heavy atom. The second-order valence-corrected chi connectivity index (χ2v) is 7.54. The van der Waals surface area contributed by atoms with E-state index >= 15 is 0 Å². The molecule has 6 heteroatoms. The summed E-state index contributed by atoms with van der Waals surface area (Å²) < 4.78 is 5.43. The van der Waals surface area contributed by atoms with E-state index in [4.69, 9.17) is 4.74 Å². The topological polar surface area (TPSA) is 71.5 Å². The molecule has 2 aliphatic heterocycles. The van der Waals surface area contributed by atoms with Crippen molar-refractivity contribution in [1.82, 2.24) is 9.88 Å². The molecule has 0 saturated carbocycles. The van der Waals surface area contributed by atoms with Gasteiger partial charge in [0.25, 0.3) is 0 Å². The number of pyridine rings is 1. The van der Waals surface area contributed by atoms with Crippen LogP contribution in [-0.2, 0) is 22.4 Å². The van der Waals surface area contributed by atoms with E-state index in [0.29, 0.717) is 31.7 Å². The lowest BCUT2D eigenvalue weighted by molar-refractivity contribution is -0.125. The van der Waals surface area contributed by atoms with Crippen LogP contribution >= 0.6 is 0 Å². The number of carbonyl (C=O) groups excluding carboxylic acids is 2. The van der Waals surface area contributed by atoms with E-state index in [-0.39, 0.29) is 11.8 Å². The number of nitrogens with zero attached hydrogens (tertiary/aromatic N) is 2. The molecule has 2 aliphatic rings. The minimum atomic E-state index is -0.00591. The van der Waals surface area contributed by atoms with Crippen LogP contribution in [0.25, 0.3) is 6.08 Å². The molecule has 0 aliphatic carbocycles. The molecular weight excluding hydrogens is 378 g/mol. The number of para-hydroxylation sites is 1. The number of nitrogens with one attached hydrogen (secondary N) is 1. The summed E-state index contributed by atoms with van der Waals surface area (Å²) in [7, 11) is 1.69. The van der Waals surface area contributed by atoms with E-state index in [0.717, 1.165) is 29.7 Å². The Bertz CT molecular complexity index is 1030. The molecule has 0 bridgehead atoms. The average molecular weight is 403 g/mol. The highest BCUT2D eigenvalue weighted by Crippen LogP contribution is 2.24. The van der Waals surface area contributed by atoms with Gasteiger partial charge in [-0.2, -0.15) is 0 Å². The number of hydrogen-bond acceptors (Lipinski definition) is 4. The molecule has 0 radical (unpaired) electrons. The fourth-order valence-corrected chi connectivity index (χ4v) is 3.80. The van der Waals surface area contributed by atoms with E-state index in [2.05, 4.69) is 22.4 Å². The fourth-order valence-electron chi connectivity index (χ4n) is 3.80. The Hall–Kier alpha value is -3.41. The lowest BCUT2D eigenvalue weighted by Crippen LogP contribution is -2.33. The van der Waals surface area contributed by atoms with Crippen LogP contribution in [0.2, 0.25) is 0 Å². The highest BCUT2D eigenvalue weighted by molar-refractivity contribution is 5.94. The molecule has 4 rings (SSSR count). The first kappa shape index (κ1) is 19.9. The summed E-state index contributed by atoms with van der Waals surface area (Å²) >= 11 is 0. The zero-order valence-corrected chi connectivity index (χ0v) is 17.1. The highest BCUT2D eigenvalue weighted by Gasteiger charge is 2.17. The molecule has 2 aromatic rings. The van der Waals surface area contributed by atoms with Gasteiger partial charge >= 0.3 is 0 Å². The molecule has 1 N–H and O–H groups in total. The van der Waals surface area contributed by atoms with Gasteiger partial charge < -0.3 is 15.0 Å². The quantitative estimate of drug-likeness (QED) is 0.614. The predicted molar refractivity (Wildman–Crippen MR) is 116 cm³/mol. The first-order chi connectivity index (χ1) is 14.6. The first-order valence-electron chi connectivity index (χ1n) is 10.2. The van der Waals surface area contributed by atoms with Crippen LogP contribution in [-0.4, -0.2) is 41.9 Å².